The minimum atomic E-state index is -1.42. The molecule has 0 fully saturated rings. The molecule has 0 amide bonds. The van der Waals surface area contributed by atoms with Gasteiger partial charge in [-0.15, -0.1) is 0 Å². The number of aliphatic carboxylic acids is 1. The maximum absolute atomic E-state index is 10.9. The van der Waals surface area contributed by atoms with E-state index >= 15 is 0 Å². The number of benzene rings is 1. The SMILES string of the molecule is COc1ccccc1C(O)(CC(=O)O)C(C)C. The Morgan fingerprint density at radius 1 is 1.41 bits per heavy atom. The topological polar surface area (TPSA) is 66.8 Å². The predicted molar refractivity (Wildman–Crippen MR) is 64.0 cm³/mol. The lowest BCUT2D eigenvalue weighted by Crippen LogP contribution is -2.35. The molecule has 94 valence electrons. The first-order valence-electron chi connectivity index (χ1n) is 5.49. The summed E-state index contributed by atoms with van der Waals surface area (Å²) in [6.07, 6.45) is -0.342. The fourth-order valence-corrected chi connectivity index (χ4v) is 1.84. The van der Waals surface area contributed by atoms with Crippen molar-refractivity contribution in [1.82, 2.24) is 0 Å². The summed E-state index contributed by atoms with van der Waals surface area (Å²) in [5.74, 6) is -0.757. The fraction of sp³-hybridized carbons (Fsp3) is 0.462. The molecule has 1 atom stereocenters. The Balaban J connectivity index is 3.26. The predicted octanol–water partition coefficient (Wildman–Crippen LogP) is 2.01. The summed E-state index contributed by atoms with van der Waals surface area (Å²) in [6.45, 7) is 3.57. The van der Waals surface area contributed by atoms with E-state index in [-0.39, 0.29) is 12.3 Å². The zero-order chi connectivity index (χ0) is 13.1. The highest BCUT2D eigenvalue weighted by Crippen LogP contribution is 2.38. The van der Waals surface area contributed by atoms with Gasteiger partial charge in [0.15, 0.2) is 0 Å². The largest absolute Gasteiger partial charge is 0.496 e. The summed E-state index contributed by atoms with van der Waals surface area (Å²) in [7, 11) is 1.50. The van der Waals surface area contributed by atoms with Crippen molar-refractivity contribution < 1.29 is 19.7 Å². The van der Waals surface area contributed by atoms with E-state index in [1.165, 1.54) is 7.11 Å². The van der Waals surface area contributed by atoms with Gasteiger partial charge < -0.3 is 14.9 Å². The molecule has 4 nitrogen and oxygen atoms in total. The van der Waals surface area contributed by atoms with Gasteiger partial charge in [-0.3, -0.25) is 4.79 Å². The molecule has 0 radical (unpaired) electrons. The number of rotatable bonds is 5. The minimum Gasteiger partial charge on any atom is -0.496 e. The average Bonchev–Trinajstić information content (AvgIpc) is 2.27. The first kappa shape index (κ1) is 13.5. The van der Waals surface area contributed by atoms with Crippen molar-refractivity contribution in [3.8, 4) is 5.75 Å². The van der Waals surface area contributed by atoms with Crippen molar-refractivity contribution in [1.29, 1.82) is 0 Å². The Labute approximate surface area is 101 Å². The maximum Gasteiger partial charge on any atom is 0.306 e. The number of hydrogen-bond donors (Lipinski definition) is 2. The van der Waals surface area contributed by atoms with Crippen molar-refractivity contribution in [3.63, 3.8) is 0 Å². The van der Waals surface area contributed by atoms with Gasteiger partial charge in [-0.1, -0.05) is 32.0 Å². The lowest BCUT2D eigenvalue weighted by atomic mass is 9.80. The van der Waals surface area contributed by atoms with Crippen molar-refractivity contribution in [3.05, 3.63) is 29.8 Å². The Bertz CT molecular complexity index is 400. The van der Waals surface area contributed by atoms with Crippen LogP contribution < -0.4 is 4.74 Å². The van der Waals surface area contributed by atoms with E-state index < -0.39 is 11.6 Å². The van der Waals surface area contributed by atoms with E-state index in [9.17, 15) is 9.90 Å². The third-order valence-electron chi connectivity index (χ3n) is 2.95. The minimum absolute atomic E-state index is 0.227. The highest BCUT2D eigenvalue weighted by Gasteiger charge is 2.37. The molecule has 1 aromatic rings. The lowest BCUT2D eigenvalue weighted by Gasteiger charge is -2.32. The summed E-state index contributed by atoms with van der Waals surface area (Å²) in [5, 5.41) is 19.5. The fourth-order valence-electron chi connectivity index (χ4n) is 1.84. The van der Waals surface area contributed by atoms with Gasteiger partial charge >= 0.3 is 5.97 Å². The van der Waals surface area contributed by atoms with E-state index in [2.05, 4.69) is 0 Å². The van der Waals surface area contributed by atoms with Gasteiger partial charge in [-0.25, -0.2) is 0 Å². The summed E-state index contributed by atoms with van der Waals surface area (Å²) in [6, 6.07) is 6.95. The molecule has 1 unspecified atom stereocenters. The second-order valence-electron chi connectivity index (χ2n) is 4.35. The second kappa shape index (κ2) is 5.19. The van der Waals surface area contributed by atoms with Crippen LogP contribution in [0.25, 0.3) is 0 Å². The molecule has 4 heteroatoms. The van der Waals surface area contributed by atoms with Crippen LogP contribution in [0, 0.1) is 5.92 Å². The van der Waals surface area contributed by atoms with Crippen LogP contribution in [0.4, 0.5) is 0 Å². The van der Waals surface area contributed by atoms with E-state index in [0.717, 1.165) is 0 Å². The number of methoxy groups -OCH3 is 1. The Kier molecular flexibility index (Phi) is 4.12. The first-order valence-corrected chi connectivity index (χ1v) is 5.49. The molecule has 0 spiro atoms. The number of carboxylic acid groups (broad SMARTS) is 1. The number of ether oxygens (including phenoxy) is 1. The van der Waals surface area contributed by atoms with Gasteiger partial charge in [0.1, 0.15) is 11.4 Å². The highest BCUT2D eigenvalue weighted by molar-refractivity contribution is 5.69. The molecule has 0 aliphatic heterocycles. The molecule has 1 aromatic carbocycles. The highest BCUT2D eigenvalue weighted by atomic mass is 16.5. The second-order valence-corrected chi connectivity index (χ2v) is 4.35. The molecule has 0 saturated carbocycles. The molecule has 0 bridgehead atoms. The zero-order valence-corrected chi connectivity index (χ0v) is 10.3. The smallest absolute Gasteiger partial charge is 0.306 e. The molecule has 0 heterocycles. The van der Waals surface area contributed by atoms with Crippen molar-refractivity contribution >= 4 is 5.97 Å². The van der Waals surface area contributed by atoms with E-state index in [1.54, 1.807) is 38.1 Å². The van der Waals surface area contributed by atoms with Gasteiger partial charge in [-0.2, -0.15) is 0 Å². The number of hydrogen-bond acceptors (Lipinski definition) is 3. The Morgan fingerprint density at radius 2 is 2.00 bits per heavy atom. The third-order valence-corrected chi connectivity index (χ3v) is 2.95. The van der Waals surface area contributed by atoms with Crippen LogP contribution in [0.15, 0.2) is 24.3 Å². The maximum atomic E-state index is 10.9. The normalized spacial score (nSPS) is 14.4. The molecule has 0 aliphatic rings. The third kappa shape index (κ3) is 2.77. The van der Waals surface area contributed by atoms with Gasteiger partial charge in [0.05, 0.1) is 13.5 Å². The summed E-state index contributed by atoms with van der Waals surface area (Å²) in [4.78, 5) is 10.9. The van der Waals surface area contributed by atoms with Gasteiger partial charge in [0.25, 0.3) is 0 Å². The molecule has 17 heavy (non-hydrogen) atoms. The van der Waals surface area contributed by atoms with E-state index in [0.29, 0.717) is 11.3 Å². The van der Waals surface area contributed by atoms with Crippen LogP contribution in [0.5, 0.6) is 5.75 Å². The van der Waals surface area contributed by atoms with E-state index in [4.69, 9.17) is 9.84 Å². The summed E-state index contributed by atoms with van der Waals surface area (Å²) < 4.78 is 5.17. The molecular weight excluding hydrogens is 220 g/mol. The van der Waals surface area contributed by atoms with Gasteiger partial charge in [0.2, 0.25) is 0 Å². The molecular formula is C13H18O4. The average molecular weight is 238 g/mol. The Hall–Kier alpha value is -1.55. The summed E-state index contributed by atoms with van der Waals surface area (Å²) in [5.41, 5.74) is -0.904. The monoisotopic (exact) mass is 238 g/mol. The molecule has 2 N–H and O–H groups in total. The standard InChI is InChI=1S/C13H18O4/c1-9(2)13(16,8-12(14)15)10-6-4-5-7-11(10)17-3/h4-7,9,16H,8H2,1-3H3,(H,14,15). The van der Waals surface area contributed by atoms with Crippen molar-refractivity contribution in [2.24, 2.45) is 5.92 Å². The van der Waals surface area contributed by atoms with Crippen molar-refractivity contribution in [2.45, 2.75) is 25.9 Å². The van der Waals surface area contributed by atoms with Crippen LogP contribution in [-0.2, 0) is 10.4 Å². The first-order chi connectivity index (χ1) is 7.91. The molecule has 0 aromatic heterocycles. The summed E-state index contributed by atoms with van der Waals surface area (Å²) >= 11 is 0. The van der Waals surface area contributed by atoms with Crippen molar-refractivity contribution in [2.75, 3.05) is 7.11 Å². The van der Waals surface area contributed by atoms with Gasteiger partial charge in [-0.05, 0) is 12.0 Å². The van der Waals surface area contributed by atoms with Gasteiger partial charge in [0, 0.05) is 5.56 Å². The van der Waals surface area contributed by atoms with Crippen LogP contribution in [0.2, 0.25) is 0 Å². The number of para-hydroxylation sites is 1. The molecule has 1 rings (SSSR count). The molecule has 0 aliphatic carbocycles. The van der Waals surface area contributed by atoms with Crippen LogP contribution >= 0.6 is 0 Å². The number of carboxylic acids is 1. The lowest BCUT2D eigenvalue weighted by molar-refractivity contribution is -0.145. The Morgan fingerprint density at radius 3 is 2.47 bits per heavy atom. The van der Waals surface area contributed by atoms with Crippen LogP contribution in [0.1, 0.15) is 25.8 Å². The quantitative estimate of drug-likeness (QED) is 0.823. The number of carbonyl (C=O) groups is 1. The van der Waals surface area contributed by atoms with E-state index in [1.807, 2.05) is 0 Å². The number of aliphatic hydroxyl groups is 1. The molecule has 0 saturated heterocycles. The van der Waals surface area contributed by atoms with Crippen LogP contribution in [-0.4, -0.2) is 23.3 Å². The van der Waals surface area contributed by atoms with Crippen LogP contribution in [0.3, 0.4) is 0 Å². The zero-order valence-electron chi connectivity index (χ0n) is 10.3.